The number of hydrogen-bond donors (Lipinski definition) is 1. The molecule has 0 fully saturated rings. The molecule has 1 N–H and O–H groups in total. The van der Waals surface area contributed by atoms with Crippen LogP contribution in [0, 0.1) is 13.8 Å². The van der Waals surface area contributed by atoms with Crippen molar-refractivity contribution in [2.75, 3.05) is 6.61 Å². The third-order valence-electron chi connectivity index (χ3n) is 4.67. The molecular formula is C19H25N3O4S. The number of sulfonamides is 1. The minimum Gasteiger partial charge on any atom is -0.464 e. The maximum Gasteiger partial charge on any atom is 0.302 e. The van der Waals surface area contributed by atoms with E-state index in [4.69, 9.17) is 4.74 Å². The summed E-state index contributed by atoms with van der Waals surface area (Å²) < 4.78 is 35.4. The van der Waals surface area contributed by atoms with E-state index >= 15 is 0 Å². The number of carbonyl (C=O) groups excluding carboxylic acids is 1. The highest BCUT2D eigenvalue weighted by Crippen LogP contribution is 2.31. The van der Waals surface area contributed by atoms with Gasteiger partial charge in [-0.3, -0.25) is 9.48 Å². The van der Waals surface area contributed by atoms with Crippen LogP contribution in [0.25, 0.3) is 0 Å². The number of nitrogens with zero attached hydrogens (tertiary/aromatic N) is 2. The van der Waals surface area contributed by atoms with Gasteiger partial charge in [-0.15, -0.1) is 0 Å². The topological polar surface area (TPSA) is 90.3 Å². The molecule has 0 amide bonds. The van der Waals surface area contributed by atoms with E-state index < -0.39 is 10.0 Å². The largest absolute Gasteiger partial charge is 0.464 e. The van der Waals surface area contributed by atoms with Crippen molar-refractivity contribution < 1.29 is 17.9 Å². The van der Waals surface area contributed by atoms with Gasteiger partial charge in [0, 0.05) is 18.2 Å². The first-order valence-electron chi connectivity index (χ1n) is 9.05. The van der Waals surface area contributed by atoms with Crippen LogP contribution in [0.4, 0.5) is 0 Å². The molecular weight excluding hydrogens is 366 g/mol. The molecule has 1 aromatic heterocycles. The van der Waals surface area contributed by atoms with Crippen molar-refractivity contribution in [3.05, 3.63) is 46.8 Å². The Labute approximate surface area is 159 Å². The number of benzene rings is 1. The fraction of sp³-hybridized carbons (Fsp3) is 0.474. The van der Waals surface area contributed by atoms with E-state index in [0.717, 1.165) is 41.6 Å². The molecule has 1 heterocycles. The summed E-state index contributed by atoms with van der Waals surface area (Å²) in [7, 11) is -3.62. The summed E-state index contributed by atoms with van der Waals surface area (Å²) >= 11 is 0. The Morgan fingerprint density at radius 3 is 2.67 bits per heavy atom. The van der Waals surface area contributed by atoms with Crippen LogP contribution in [0.15, 0.2) is 29.3 Å². The lowest BCUT2D eigenvalue weighted by Gasteiger charge is -2.24. The molecule has 1 unspecified atom stereocenters. The first-order valence-corrected chi connectivity index (χ1v) is 10.5. The lowest BCUT2D eigenvalue weighted by Crippen LogP contribution is -2.31. The monoisotopic (exact) mass is 391 g/mol. The second-order valence-electron chi connectivity index (χ2n) is 7.00. The Balaban J connectivity index is 1.79. The third kappa shape index (κ3) is 4.56. The SMILES string of the molecule is CC(=O)OCCn1ncc2c1CCCC2NS(=O)(=O)c1cc(C)cc(C)c1. The zero-order valence-corrected chi connectivity index (χ0v) is 16.7. The zero-order chi connectivity index (χ0) is 19.6. The van der Waals surface area contributed by atoms with Gasteiger partial charge >= 0.3 is 5.97 Å². The molecule has 0 spiro atoms. The minimum absolute atomic E-state index is 0.252. The lowest BCUT2D eigenvalue weighted by molar-refractivity contribution is -0.141. The molecule has 1 atom stereocenters. The van der Waals surface area contributed by atoms with Crippen LogP contribution in [0.3, 0.4) is 0 Å². The quantitative estimate of drug-likeness (QED) is 0.764. The van der Waals surface area contributed by atoms with Crippen molar-refractivity contribution in [3.8, 4) is 0 Å². The van der Waals surface area contributed by atoms with Crippen LogP contribution in [0.5, 0.6) is 0 Å². The maximum absolute atomic E-state index is 12.9. The summed E-state index contributed by atoms with van der Waals surface area (Å²) in [6.07, 6.45) is 4.15. The van der Waals surface area contributed by atoms with Crippen molar-refractivity contribution >= 4 is 16.0 Å². The number of esters is 1. The van der Waals surface area contributed by atoms with Gasteiger partial charge in [0.1, 0.15) is 6.61 Å². The highest BCUT2D eigenvalue weighted by molar-refractivity contribution is 7.89. The molecule has 0 saturated heterocycles. The summed E-state index contributed by atoms with van der Waals surface area (Å²) in [5.41, 5.74) is 3.73. The highest BCUT2D eigenvalue weighted by Gasteiger charge is 2.28. The number of fused-ring (bicyclic) bond motifs is 1. The standard InChI is InChI=1S/C19H25N3O4S/c1-13-9-14(2)11-16(10-13)27(24,25)21-18-5-4-6-19-17(18)12-20-22(19)7-8-26-15(3)23/h9-12,18,21H,4-8H2,1-3H3. The van der Waals surface area contributed by atoms with Gasteiger partial charge in [-0.2, -0.15) is 5.10 Å². The van der Waals surface area contributed by atoms with Crippen molar-refractivity contribution in [1.82, 2.24) is 14.5 Å². The molecule has 1 aliphatic carbocycles. The van der Waals surface area contributed by atoms with Crippen LogP contribution in [0.1, 0.15) is 48.2 Å². The van der Waals surface area contributed by atoms with Gasteiger partial charge in [0.05, 0.1) is 23.7 Å². The number of ether oxygens (including phenoxy) is 1. The second-order valence-corrected chi connectivity index (χ2v) is 8.71. The van der Waals surface area contributed by atoms with Crippen LogP contribution in [0.2, 0.25) is 0 Å². The van der Waals surface area contributed by atoms with Crippen molar-refractivity contribution in [2.24, 2.45) is 0 Å². The summed E-state index contributed by atoms with van der Waals surface area (Å²) in [4.78, 5) is 11.2. The number of hydrogen-bond acceptors (Lipinski definition) is 5. The van der Waals surface area contributed by atoms with E-state index in [-0.39, 0.29) is 23.5 Å². The van der Waals surface area contributed by atoms with Gasteiger partial charge in [0.2, 0.25) is 10.0 Å². The molecule has 27 heavy (non-hydrogen) atoms. The van der Waals surface area contributed by atoms with Gasteiger partial charge < -0.3 is 4.74 Å². The van der Waals surface area contributed by atoms with Crippen LogP contribution in [-0.2, 0) is 32.5 Å². The molecule has 8 heteroatoms. The molecule has 2 aromatic rings. The predicted octanol–water partition coefficient (Wildman–Crippen LogP) is 2.42. The van der Waals surface area contributed by atoms with Gasteiger partial charge in [-0.05, 0) is 56.4 Å². The third-order valence-corrected chi connectivity index (χ3v) is 6.13. The van der Waals surface area contributed by atoms with E-state index in [0.29, 0.717) is 6.54 Å². The van der Waals surface area contributed by atoms with Gasteiger partial charge in [-0.1, -0.05) is 6.07 Å². The number of nitrogens with one attached hydrogen (secondary N) is 1. The number of aryl methyl sites for hydroxylation is 2. The molecule has 1 aromatic carbocycles. The molecule has 3 rings (SSSR count). The molecule has 0 radical (unpaired) electrons. The Morgan fingerprint density at radius 1 is 1.30 bits per heavy atom. The zero-order valence-electron chi connectivity index (χ0n) is 15.9. The Kier molecular flexibility index (Phi) is 5.67. The van der Waals surface area contributed by atoms with Crippen LogP contribution in [-0.4, -0.2) is 30.8 Å². The van der Waals surface area contributed by atoms with Crippen LogP contribution < -0.4 is 4.72 Å². The summed E-state index contributed by atoms with van der Waals surface area (Å²) in [6.45, 7) is 5.86. The molecule has 0 bridgehead atoms. The normalized spacial score (nSPS) is 16.8. The molecule has 1 aliphatic rings. The minimum atomic E-state index is -3.62. The lowest BCUT2D eigenvalue weighted by atomic mass is 9.94. The van der Waals surface area contributed by atoms with Crippen molar-refractivity contribution in [2.45, 2.75) is 57.5 Å². The van der Waals surface area contributed by atoms with Gasteiger partial charge in [0.15, 0.2) is 0 Å². The Hall–Kier alpha value is -2.19. The van der Waals surface area contributed by atoms with Crippen molar-refractivity contribution in [1.29, 1.82) is 0 Å². The first kappa shape index (κ1) is 19.6. The molecule has 7 nitrogen and oxygen atoms in total. The summed E-state index contributed by atoms with van der Waals surface area (Å²) in [5, 5.41) is 4.37. The molecule has 0 aliphatic heterocycles. The Morgan fingerprint density at radius 2 is 2.00 bits per heavy atom. The highest BCUT2D eigenvalue weighted by atomic mass is 32.2. The number of rotatable bonds is 6. The fourth-order valence-corrected chi connectivity index (χ4v) is 4.99. The molecule has 146 valence electrons. The van der Waals surface area contributed by atoms with Gasteiger partial charge in [0.25, 0.3) is 0 Å². The van der Waals surface area contributed by atoms with E-state index in [1.165, 1.54) is 6.92 Å². The molecule has 0 saturated carbocycles. The van der Waals surface area contributed by atoms with Crippen LogP contribution >= 0.6 is 0 Å². The van der Waals surface area contributed by atoms with E-state index in [9.17, 15) is 13.2 Å². The Bertz CT molecular complexity index is 930. The second kappa shape index (κ2) is 7.82. The number of carbonyl (C=O) groups is 1. The van der Waals surface area contributed by atoms with Crippen molar-refractivity contribution in [3.63, 3.8) is 0 Å². The number of aromatic nitrogens is 2. The maximum atomic E-state index is 12.9. The van der Waals surface area contributed by atoms with E-state index in [1.807, 2.05) is 19.9 Å². The average Bonchev–Trinajstić information content (AvgIpc) is 2.98. The van der Waals surface area contributed by atoms with Gasteiger partial charge in [-0.25, -0.2) is 13.1 Å². The first-order chi connectivity index (χ1) is 12.8. The average molecular weight is 391 g/mol. The smallest absolute Gasteiger partial charge is 0.302 e. The summed E-state index contributed by atoms with van der Waals surface area (Å²) in [5.74, 6) is -0.324. The van der Waals surface area contributed by atoms with E-state index in [1.54, 1.807) is 23.0 Å². The summed E-state index contributed by atoms with van der Waals surface area (Å²) in [6, 6.07) is 5.01. The van der Waals surface area contributed by atoms with E-state index in [2.05, 4.69) is 9.82 Å². The fourth-order valence-electron chi connectivity index (χ4n) is 3.55. The predicted molar refractivity (Wildman–Crippen MR) is 101 cm³/mol.